The van der Waals surface area contributed by atoms with Crippen LogP contribution in [0.2, 0.25) is 0 Å². The molecular formula is C15H11BrO. The van der Waals surface area contributed by atoms with Gasteiger partial charge in [-0.05, 0) is 51.8 Å². The molecule has 0 amide bonds. The summed E-state index contributed by atoms with van der Waals surface area (Å²) in [5, 5.41) is 2.44. The minimum Gasteiger partial charge on any atom is -0.461 e. The Kier molecular flexibility index (Phi) is 2.52. The number of furan rings is 1. The Bertz CT molecular complexity index is 682. The average Bonchev–Trinajstić information content (AvgIpc) is 2.77. The van der Waals surface area contributed by atoms with E-state index in [0.717, 1.165) is 21.6 Å². The van der Waals surface area contributed by atoms with E-state index < -0.39 is 0 Å². The standard InChI is InChI=1S/C15H11BrO/c1-10-6-9-14(17-10)13-8-7-11-4-2-3-5-12(11)15(13)16/h2-9H,1H3. The molecule has 17 heavy (non-hydrogen) atoms. The minimum atomic E-state index is 0.903. The van der Waals surface area contributed by atoms with Gasteiger partial charge in [-0.1, -0.05) is 30.3 Å². The lowest BCUT2D eigenvalue weighted by Crippen LogP contribution is -1.80. The fourth-order valence-corrected chi connectivity index (χ4v) is 2.69. The molecule has 1 aromatic heterocycles. The second-order valence-electron chi connectivity index (χ2n) is 4.06. The molecule has 0 N–H and O–H groups in total. The van der Waals surface area contributed by atoms with Gasteiger partial charge in [0, 0.05) is 10.0 Å². The molecule has 84 valence electrons. The van der Waals surface area contributed by atoms with Crippen LogP contribution in [0.15, 0.2) is 57.4 Å². The molecule has 0 saturated carbocycles. The molecule has 3 rings (SSSR count). The molecular weight excluding hydrogens is 276 g/mol. The summed E-state index contributed by atoms with van der Waals surface area (Å²) in [5.74, 6) is 1.83. The number of aryl methyl sites for hydroxylation is 1. The van der Waals surface area contributed by atoms with Gasteiger partial charge in [0.05, 0.1) is 0 Å². The number of hydrogen-bond donors (Lipinski definition) is 0. The Balaban J connectivity index is 2.28. The lowest BCUT2D eigenvalue weighted by Gasteiger charge is -2.05. The normalized spacial score (nSPS) is 10.9. The summed E-state index contributed by atoms with van der Waals surface area (Å²) in [4.78, 5) is 0. The molecule has 2 aromatic carbocycles. The Labute approximate surface area is 108 Å². The van der Waals surface area contributed by atoms with E-state index in [2.05, 4.69) is 40.2 Å². The van der Waals surface area contributed by atoms with Crippen LogP contribution in [0, 0.1) is 6.92 Å². The molecule has 0 unspecified atom stereocenters. The van der Waals surface area contributed by atoms with E-state index in [4.69, 9.17) is 4.42 Å². The zero-order valence-electron chi connectivity index (χ0n) is 9.41. The van der Waals surface area contributed by atoms with Crippen LogP contribution in [0.4, 0.5) is 0 Å². The van der Waals surface area contributed by atoms with Gasteiger partial charge in [-0.2, -0.15) is 0 Å². The average molecular weight is 287 g/mol. The Hall–Kier alpha value is -1.54. The summed E-state index contributed by atoms with van der Waals surface area (Å²) in [6, 6.07) is 16.5. The maximum atomic E-state index is 5.67. The van der Waals surface area contributed by atoms with E-state index in [-0.39, 0.29) is 0 Å². The van der Waals surface area contributed by atoms with Crippen LogP contribution in [0.5, 0.6) is 0 Å². The second-order valence-corrected chi connectivity index (χ2v) is 4.85. The van der Waals surface area contributed by atoms with Crippen molar-refractivity contribution in [1.82, 2.24) is 0 Å². The Morgan fingerprint density at radius 1 is 0.941 bits per heavy atom. The fraction of sp³-hybridized carbons (Fsp3) is 0.0667. The number of rotatable bonds is 1. The van der Waals surface area contributed by atoms with Gasteiger partial charge < -0.3 is 4.42 Å². The van der Waals surface area contributed by atoms with Gasteiger partial charge in [0.1, 0.15) is 11.5 Å². The summed E-state index contributed by atoms with van der Waals surface area (Å²) >= 11 is 3.67. The second kappa shape index (κ2) is 4.04. The zero-order valence-corrected chi connectivity index (χ0v) is 11.0. The molecule has 1 heterocycles. The van der Waals surface area contributed by atoms with Crippen LogP contribution >= 0.6 is 15.9 Å². The van der Waals surface area contributed by atoms with Crippen molar-refractivity contribution in [2.75, 3.05) is 0 Å². The van der Waals surface area contributed by atoms with Crippen LogP contribution in [0.25, 0.3) is 22.1 Å². The summed E-state index contributed by atoms with van der Waals surface area (Å²) in [6.07, 6.45) is 0. The molecule has 0 aliphatic heterocycles. The number of hydrogen-bond acceptors (Lipinski definition) is 1. The lowest BCUT2D eigenvalue weighted by molar-refractivity contribution is 0.548. The zero-order chi connectivity index (χ0) is 11.8. The van der Waals surface area contributed by atoms with Crippen LogP contribution in [0.3, 0.4) is 0 Å². The SMILES string of the molecule is Cc1ccc(-c2ccc3ccccc3c2Br)o1. The third kappa shape index (κ3) is 1.79. The highest BCUT2D eigenvalue weighted by atomic mass is 79.9. The highest BCUT2D eigenvalue weighted by molar-refractivity contribution is 9.10. The first-order chi connectivity index (χ1) is 8.25. The molecule has 0 bridgehead atoms. The maximum Gasteiger partial charge on any atom is 0.135 e. The summed E-state index contributed by atoms with van der Waals surface area (Å²) in [6.45, 7) is 1.96. The molecule has 3 aromatic rings. The summed E-state index contributed by atoms with van der Waals surface area (Å²) in [7, 11) is 0. The number of fused-ring (bicyclic) bond motifs is 1. The first-order valence-corrected chi connectivity index (χ1v) is 6.29. The van der Waals surface area contributed by atoms with Crippen molar-refractivity contribution in [2.45, 2.75) is 6.92 Å². The molecule has 0 fully saturated rings. The lowest BCUT2D eigenvalue weighted by atomic mass is 10.1. The first-order valence-electron chi connectivity index (χ1n) is 5.50. The monoisotopic (exact) mass is 286 g/mol. The van der Waals surface area contributed by atoms with Gasteiger partial charge in [0.25, 0.3) is 0 Å². The van der Waals surface area contributed by atoms with Gasteiger partial charge in [0.15, 0.2) is 0 Å². The van der Waals surface area contributed by atoms with E-state index in [0.29, 0.717) is 0 Å². The van der Waals surface area contributed by atoms with Gasteiger partial charge in [-0.25, -0.2) is 0 Å². The topological polar surface area (TPSA) is 13.1 Å². The molecule has 0 saturated heterocycles. The predicted molar refractivity (Wildman–Crippen MR) is 74.1 cm³/mol. The third-order valence-corrected chi connectivity index (χ3v) is 3.72. The molecule has 2 heteroatoms. The molecule has 0 aliphatic carbocycles. The van der Waals surface area contributed by atoms with Crippen molar-refractivity contribution < 1.29 is 4.42 Å². The van der Waals surface area contributed by atoms with Crippen molar-refractivity contribution in [3.63, 3.8) is 0 Å². The maximum absolute atomic E-state index is 5.67. The molecule has 0 spiro atoms. The van der Waals surface area contributed by atoms with Crippen molar-refractivity contribution in [3.8, 4) is 11.3 Å². The fourth-order valence-electron chi connectivity index (χ4n) is 2.00. The highest BCUT2D eigenvalue weighted by Gasteiger charge is 2.09. The first kappa shape index (κ1) is 10.6. The van der Waals surface area contributed by atoms with Crippen molar-refractivity contribution in [3.05, 3.63) is 58.8 Å². The van der Waals surface area contributed by atoms with Crippen molar-refractivity contribution >= 4 is 26.7 Å². The molecule has 0 aliphatic rings. The van der Waals surface area contributed by atoms with Crippen LogP contribution in [-0.2, 0) is 0 Å². The van der Waals surface area contributed by atoms with E-state index >= 15 is 0 Å². The molecule has 0 atom stereocenters. The van der Waals surface area contributed by atoms with Crippen LogP contribution < -0.4 is 0 Å². The van der Waals surface area contributed by atoms with E-state index in [1.807, 2.05) is 31.2 Å². The minimum absolute atomic E-state index is 0.903. The predicted octanol–water partition coefficient (Wildman–Crippen LogP) is 5.17. The third-order valence-electron chi connectivity index (χ3n) is 2.87. The van der Waals surface area contributed by atoms with Crippen LogP contribution in [0.1, 0.15) is 5.76 Å². The molecule has 0 radical (unpaired) electrons. The Morgan fingerprint density at radius 3 is 2.53 bits per heavy atom. The smallest absolute Gasteiger partial charge is 0.135 e. The van der Waals surface area contributed by atoms with Crippen molar-refractivity contribution in [2.24, 2.45) is 0 Å². The van der Waals surface area contributed by atoms with Gasteiger partial charge >= 0.3 is 0 Å². The van der Waals surface area contributed by atoms with Gasteiger partial charge in [0.2, 0.25) is 0 Å². The Morgan fingerprint density at radius 2 is 1.76 bits per heavy atom. The van der Waals surface area contributed by atoms with Gasteiger partial charge in [-0.3, -0.25) is 0 Å². The quantitative estimate of drug-likeness (QED) is 0.601. The van der Waals surface area contributed by atoms with Crippen molar-refractivity contribution in [1.29, 1.82) is 0 Å². The summed E-state index contributed by atoms with van der Waals surface area (Å²) in [5.41, 5.74) is 1.09. The van der Waals surface area contributed by atoms with E-state index in [1.54, 1.807) is 0 Å². The highest BCUT2D eigenvalue weighted by Crippen LogP contribution is 2.35. The number of benzene rings is 2. The van der Waals surface area contributed by atoms with E-state index in [1.165, 1.54) is 10.8 Å². The summed E-state index contributed by atoms with van der Waals surface area (Å²) < 4.78 is 6.76. The van der Waals surface area contributed by atoms with Crippen LogP contribution in [-0.4, -0.2) is 0 Å². The van der Waals surface area contributed by atoms with E-state index in [9.17, 15) is 0 Å². The largest absolute Gasteiger partial charge is 0.461 e. The van der Waals surface area contributed by atoms with Gasteiger partial charge in [-0.15, -0.1) is 0 Å². The number of halogens is 1. The molecule has 1 nitrogen and oxygen atoms in total.